The predicted octanol–water partition coefficient (Wildman–Crippen LogP) is 3.05. The molecule has 8 nitrogen and oxygen atoms in total. The molecule has 8 heteroatoms. The average molecular weight is 344 g/mol. The van der Waals surface area contributed by atoms with Gasteiger partial charge in [0, 0.05) is 32.1 Å². The van der Waals surface area contributed by atoms with Crippen LogP contribution in [0.3, 0.4) is 0 Å². The number of oxazole rings is 1. The maximum atomic E-state index is 12.1. The van der Waals surface area contributed by atoms with Crippen LogP contribution in [-0.2, 0) is 22.4 Å². The number of methoxy groups -OCH3 is 1. The second-order valence-electron chi connectivity index (χ2n) is 5.62. The van der Waals surface area contributed by atoms with Crippen molar-refractivity contribution in [2.45, 2.75) is 39.2 Å². The number of ether oxygens (including phenoxy) is 1. The van der Waals surface area contributed by atoms with Gasteiger partial charge in [0.1, 0.15) is 11.6 Å². The highest BCUT2D eigenvalue weighted by Gasteiger charge is 2.14. The third kappa shape index (κ3) is 4.03. The van der Waals surface area contributed by atoms with E-state index in [-0.39, 0.29) is 18.4 Å². The van der Waals surface area contributed by atoms with Crippen LogP contribution < -0.4 is 5.32 Å². The van der Waals surface area contributed by atoms with Gasteiger partial charge in [-0.1, -0.05) is 12.1 Å². The molecule has 1 N–H and O–H groups in total. The molecule has 0 bridgehead atoms. The Balaban J connectivity index is 1.58. The fourth-order valence-electron chi connectivity index (χ4n) is 2.29. The third-order valence-corrected chi connectivity index (χ3v) is 3.78. The van der Waals surface area contributed by atoms with Gasteiger partial charge in [-0.15, -0.1) is 0 Å². The lowest BCUT2D eigenvalue weighted by molar-refractivity contribution is -0.116. The number of nitrogens with one attached hydrogen (secondary N) is 1. The van der Waals surface area contributed by atoms with E-state index in [1.54, 1.807) is 25.3 Å². The molecule has 132 valence electrons. The van der Waals surface area contributed by atoms with Crippen molar-refractivity contribution < 1.29 is 18.5 Å². The highest BCUT2D eigenvalue weighted by atomic mass is 16.5. The van der Waals surface area contributed by atoms with Gasteiger partial charge in [-0.05, 0) is 25.1 Å². The minimum Gasteiger partial charge on any atom is -0.441 e. The molecule has 0 unspecified atom stereocenters. The van der Waals surface area contributed by atoms with E-state index in [0.717, 1.165) is 11.9 Å². The monoisotopic (exact) mass is 344 g/mol. The average Bonchev–Trinajstić information content (AvgIpc) is 3.25. The van der Waals surface area contributed by atoms with Gasteiger partial charge >= 0.3 is 0 Å². The van der Waals surface area contributed by atoms with E-state index >= 15 is 0 Å². The number of fused-ring (bicyclic) bond motifs is 1. The molecule has 1 aromatic carbocycles. The summed E-state index contributed by atoms with van der Waals surface area (Å²) in [6.07, 6.45) is 1.08. The molecule has 0 radical (unpaired) electrons. The summed E-state index contributed by atoms with van der Waals surface area (Å²) < 4.78 is 15.8. The molecule has 3 aromatic rings. The molecule has 0 fully saturated rings. The molecular weight excluding hydrogens is 324 g/mol. The van der Waals surface area contributed by atoms with Gasteiger partial charge in [0.2, 0.25) is 11.8 Å². The first-order valence-corrected chi connectivity index (χ1v) is 8.13. The quantitative estimate of drug-likeness (QED) is 0.702. The maximum absolute atomic E-state index is 12.1. The molecule has 1 atom stereocenters. The molecule has 1 amide bonds. The number of nitrogens with zero attached hydrogens (tertiary/aromatic N) is 3. The van der Waals surface area contributed by atoms with Crippen LogP contribution in [0.25, 0.3) is 11.1 Å². The van der Waals surface area contributed by atoms with E-state index in [1.165, 1.54) is 0 Å². The summed E-state index contributed by atoms with van der Waals surface area (Å²) in [7, 11) is 1.57. The Morgan fingerprint density at radius 3 is 2.92 bits per heavy atom. The van der Waals surface area contributed by atoms with Crippen LogP contribution in [0.4, 0.5) is 5.69 Å². The van der Waals surface area contributed by atoms with E-state index in [4.69, 9.17) is 13.7 Å². The summed E-state index contributed by atoms with van der Waals surface area (Å²) in [5.41, 5.74) is 2.11. The second-order valence-corrected chi connectivity index (χ2v) is 5.62. The third-order valence-electron chi connectivity index (χ3n) is 3.78. The predicted molar refractivity (Wildman–Crippen MR) is 90.1 cm³/mol. The van der Waals surface area contributed by atoms with Crippen molar-refractivity contribution in [3.63, 3.8) is 0 Å². The summed E-state index contributed by atoms with van der Waals surface area (Å²) in [6, 6.07) is 5.38. The molecule has 0 saturated carbocycles. The zero-order chi connectivity index (χ0) is 17.8. The Hall–Kier alpha value is -2.74. The summed E-state index contributed by atoms with van der Waals surface area (Å²) in [5, 5.41) is 6.67. The molecule has 2 heterocycles. The van der Waals surface area contributed by atoms with E-state index < -0.39 is 0 Å². The lowest BCUT2D eigenvalue weighted by Gasteiger charge is -2.03. The minimum absolute atomic E-state index is 0.141. The van der Waals surface area contributed by atoms with E-state index in [2.05, 4.69) is 20.4 Å². The number of aryl methyl sites for hydroxylation is 2. The molecule has 0 spiro atoms. The zero-order valence-corrected chi connectivity index (χ0v) is 14.4. The molecule has 3 rings (SSSR count). The van der Waals surface area contributed by atoms with Crippen molar-refractivity contribution in [3.8, 4) is 0 Å². The Morgan fingerprint density at radius 2 is 2.16 bits per heavy atom. The van der Waals surface area contributed by atoms with E-state index in [9.17, 15) is 4.79 Å². The normalized spacial score (nSPS) is 12.4. The number of benzene rings is 1. The number of amides is 1. The fraction of sp³-hybridized carbons (Fsp3) is 0.412. The molecule has 0 aliphatic rings. The summed E-state index contributed by atoms with van der Waals surface area (Å²) in [5.74, 6) is 1.42. The lowest BCUT2D eigenvalue weighted by Crippen LogP contribution is -2.12. The van der Waals surface area contributed by atoms with Crippen LogP contribution >= 0.6 is 0 Å². The number of carbonyl (C=O) groups is 1. The lowest BCUT2D eigenvalue weighted by atomic mass is 10.2. The largest absolute Gasteiger partial charge is 0.441 e. The van der Waals surface area contributed by atoms with Gasteiger partial charge in [0.25, 0.3) is 0 Å². The first-order chi connectivity index (χ1) is 12.1. The van der Waals surface area contributed by atoms with Gasteiger partial charge in [0.05, 0.1) is 0 Å². The van der Waals surface area contributed by atoms with Gasteiger partial charge in [-0.25, -0.2) is 4.98 Å². The molecule has 0 aliphatic heterocycles. The first kappa shape index (κ1) is 17.1. The van der Waals surface area contributed by atoms with Crippen LogP contribution in [-0.4, -0.2) is 28.1 Å². The van der Waals surface area contributed by atoms with Crippen LogP contribution in [0.1, 0.15) is 44.0 Å². The van der Waals surface area contributed by atoms with Gasteiger partial charge in [-0.2, -0.15) is 4.98 Å². The Kier molecular flexibility index (Phi) is 5.08. The number of aromatic nitrogens is 3. The van der Waals surface area contributed by atoms with E-state index in [1.807, 2.05) is 13.8 Å². The maximum Gasteiger partial charge on any atom is 0.227 e. The smallest absolute Gasteiger partial charge is 0.227 e. The van der Waals surface area contributed by atoms with Gasteiger partial charge in [-0.3, -0.25) is 4.79 Å². The van der Waals surface area contributed by atoms with Crippen molar-refractivity contribution in [3.05, 3.63) is 35.8 Å². The van der Waals surface area contributed by atoms with Crippen molar-refractivity contribution in [2.75, 3.05) is 12.4 Å². The molecule has 0 aliphatic carbocycles. The molecule has 25 heavy (non-hydrogen) atoms. The summed E-state index contributed by atoms with van der Waals surface area (Å²) in [6.45, 7) is 3.80. The summed E-state index contributed by atoms with van der Waals surface area (Å²) >= 11 is 0. The van der Waals surface area contributed by atoms with Gasteiger partial charge < -0.3 is 19.0 Å². The van der Waals surface area contributed by atoms with E-state index in [0.29, 0.717) is 35.3 Å². The van der Waals surface area contributed by atoms with Crippen molar-refractivity contribution in [1.29, 1.82) is 0 Å². The number of hydrogen-bond acceptors (Lipinski definition) is 7. The number of carbonyl (C=O) groups excluding carboxylic acids is 1. The first-order valence-electron chi connectivity index (χ1n) is 8.13. The summed E-state index contributed by atoms with van der Waals surface area (Å²) in [4.78, 5) is 20.7. The number of hydrogen-bond donors (Lipinski definition) is 1. The molecule has 0 saturated heterocycles. The topological polar surface area (TPSA) is 103 Å². The Morgan fingerprint density at radius 1 is 1.32 bits per heavy atom. The Bertz CT molecular complexity index is 871. The van der Waals surface area contributed by atoms with Crippen LogP contribution in [0.15, 0.2) is 27.1 Å². The van der Waals surface area contributed by atoms with Crippen molar-refractivity contribution in [1.82, 2.24) is 15.1 Å². The SMILES string of the molecule is CCc1nc2cc(NC(=O)CCc3nc([C@@H](C)OC)no3)ccc2o1. The fourth-order valence-corrected chi connectivity index (χ4v) is 2.29. The minimum atomic E-state index is -0.242. The molecule has 2 aromatic heterocycles. The van der Waals surface area contributed by atoms with Gasteiger partial charge in [0.15, 0.2) is 17.3 Å². The van der Waals surface area contributed by atoms with Crippen LogP contribution in [0.5, 0.6) is 0 Å². The van der Waals surface area contributed by atoms with Crippen molar-refractivity contribution in [2.24, 2.45) is 0 Å². The molecular formula is C17H20N4O4. The van der Waals surface area contributed by atoms with Crippen LogP contribution in [0.2, 0.25) is 0 Å². The van der Waals surface area contributed by atoms with Crippen molar-refractivity contribution >= 4 is 22.7 Å². The highest BCUT2D eigenvalue weighted by molar-refractivity contribution is 5.92. The zero-order valence-electron chi connectivity index (χ0n) is 14.4. The second kappa shape index (κ2) is 7.43. The number of rotatable bonds is 7. The van der Waals surface area contributed by atoms with Crippen LogP contribution in [0, 0.1) is 0 Å². The standard InChI is InChI=1S/C17H20N4O4/c1-4-15-19-12-9-11(5-6-13(12)24-15)18-14(22)7-8-16-20-17(21-25-16)10(2)23-3/h5-6,9-10H,4,7-8H2,1-3H3,(H,18,22)/t10-/m1/s1. The number of anilines is 1. The Labute approximate surface area is 144 Å². The highest BCUT2D eigenvalue weighted by Crippen LogP contribution is 2.20.